The van der Waals surface area contributed by atoms with Crippen molar-refractivity contribution < 1.29 is 23.5 Å². The Hall–Kier alpha value is -3.87. The summed E-state index contributed by atoms with van der Waals surface area (Å²) >= 11 is 0. The maximum atomic E-state index is 12.2. The summed E-state index contributed by atoms with van der Waals surface area (Å²) in [6.45, 7) is 8.10. The fraction of sp³-hybridized carbons (Fsp3) is 0.240. The molecule has 0 spiro atoms. The van der Waals surface area contributed by atoms with Crippen molar-refractivity contribution in [2.45, 2.75) is 26.7 Å². The van der Waals surface area contributed by atoms with Gasteiger partial charge in [-0.3, -0.25) is 9.59 Å². The van der Waals surface area contributed by atoms with Crippen molar-refractivity contribution >= 4 is 22.8 Å². The van der Waals surface area contributed by atoms with Crippen molar-refractivity contribution in [3.8, 4) is 11.5 Å². The third-order valence-electron chi connectivity index (χ3n) is 4.72. The van der Waals surface area contributed by atoms with E-state index >= 15 is 0 Å². The van der Waals surface area contributed by atoms with Crippen LogP contribution in [0.4, 0.5) is 0 Å². The minimum atomic E-state index is -0.772. The van der Waals surface area contributed by atoms with Gasteiger partial charge in [0.15, 0.2) is 0 Å². The number of amides is 1. The van der Waals surface area contributed by atoms with Crippen molar-refractivity contribution in [1.29, 1.82) is 0 Å². The zero-order chi connectivity index (χ0) is 23.1. The van der Waals surface area contributed by atoms with E-state index in [4.69, 9.17) is 13.9 Å². The summed E-state index contributed by atoms with van der Waals surface area (Å²) in [7, 11) is 0. The first kappa shape index (κ1) is 22.8. The molecule has 3 aromatic rings. The predicted molar refractivity (Wildman–Crippen MR) is 121 cm³/mol. The molecule has 7 heteroatoms. The van der Waals surface area contributed by atoms with Crippen LogP contribution in [-0.4, -0.2) is 25.0 Å². The van der Waals surface area contributed by atoms with Gasteiger partial charge in [-0.2, -0.15) is 0 Å². The molecule has 0 aliphatic carbocycles. The Labute approximate surface area is 185 Å². The Kier molecular flexibility index (Phi) is 7.44. The molecule has 7 nitrogen and oxygen atoms in total. The standard InChI is InChI=1S/C25H25NO6/c1-4-11-26-24(28)20-14-18-9-10-19(15-22(18)32-25(20)29)31-23(27)6-5-12-30-21-13-16(2)7-8-17(21)3/h4,7-10,13-15H,1,5-6,11-12H2,2-3H3,(H,26,28). The van der Waals surface area contributed by atoms with E-state index in [2.05, 4.69) is 11.9 Å². The Morgan fingerprint density at radius 2 is 1.94 bits per heavy atom. The fourth-order valence-corrected chi connectivity index (χ4v) is 3.02. The molecule has 0 atom stereocenters. The third kappa shape index (κ3) is 5.85. The summed E-state index contributed by atoms with van der Waals surface area (Å²) in [6, 6.07) is 12.1. The van der Waals surface area contributed by atoms with Gasteiger partial charge in [-0.05, 0) is 55.7 Å². The lowest BCUT2D eigenvalue weighted by molar-refractivity contribution is -0.134. The number of carbonyl (C=O) groups is 2. The minimum absolute atomic E-state index is 0.104. The molecule has 0 aliphatic rings. The van der Waals surface area contributed by atoms with E-state index in [9.17, 15) is 14.4 Å². The molecule has 0 unspecified atom stereocenters. The van der Waals surface area contributed by atoms with Gasteiger partial charge < -0.3 is 19.2 Å². The maximum absolute atomic E-state index is 12.2. The summed E-state index contributed by atoms with van der Waals surface area (Å²) in [5, 5.41) is 3.07. The van der Waals surface area contributed by atoms with E-state index in [0.717, 1.165) is 16.9 Å². The second-order valence-corrected chi connectivity index (χ2v) is 7.34. The molecular formula is C25H25NO6. The average Bonchev–Trinajstić information content (AvgIpc) is 2.76. The largest absolute Gasteiger partial charge is 0.493 e. The number of hydrogen-bond acceptors (Lipinski definition) is 6. The number of nitrogens with one attached hydrogen (secondary N) is 1. The van der Waals surface area contributed by atoms with Crippen LogP contribution in [-0.2, 0) is 4.79 Å². The van der Waals surface area contributed by atoms with E-state index in [1.807, 2.05) is 32.0 Å². The second kappa shape index (κ2) is 10.4. The summed E-state index contributed by atoms with van der Waals surface area (Å²) < 4.78 is 16.3. The lowest BCUT2D eigenvalue weighted by Crippen LogP contribution is -2.28. The second-order valence-electron chi connectivity index (χ2n) is 7.34. The Morgan fingerprint density at radius 3 is 2.72 bits per heavy atom. The molecule has 2 aromatic carbocycles. The molecule has 0 radical (unpaired) electrons. The van der Waals surface area contributed by atoms with Gasteiger partial charge in [0.2, 0.25) is 0 Å². The van der Waals surface area contributed by atoms with Crippen molar-refractivity contribution in [3.05, 3.63) is 82.2 Å². The summed E-state index contributed by atoms with van der Waals surface area (Å²) in [5.41, 5.74) is 1.49. The van der Waals surface area contributed by atoms with Crippen LogP contribution in [0.1, 0.15) is 34.3 Å². The molecule has 0 saturated carbocycles. The van der Waals surface area contributed by atoms with Crippen LogP contribution in [0.5, 0.6) is 11.5 Å². The average molecular weight is 435 g/mol. The van der Waals surface area contributed by atoms with Crippen molar-refractivity contribution in [3.63, 3.8) is 0 Å². The van der Waals surface area contributed by atoms with Gasteiger partial charge in [-0.15, -0.1) is 6.58 Å². The highest BCUT2D eigenvalue weighted by Gasteiger charge is 2.14. The van der Waals surface area contributed by atoms with Crippen LogP contribution in [0, 0.1) is 13.8 Å². The quantitative estimate of drug-likeness (QED) is 0.179. The lowest BCUT2D eigenvalue weighted by atomic mass is 10.1. The number of rotatable bonds is 9. The summed E-state index contributed by atoms with van der Waals surface area (Å²) in [6.07, 6.45) is 2.18. The van der Waals surface area contributed by atoms with Crippen LogP contribution in [0.2, 0.25) is 0 Å². The fourth-order valence-electron chi connectivity index (χ4n) is 3.02. The predicted octanol–water partition coefficient (Wildman–Crippen LogP) is 4.09. The number of esters is 1. The third-order valence-corrected chi connectivity index (χ3v) is 4.72. The molecule has 1 N–H and O–H groups in total. The Bertz CT molecular complexity index is 1210. The molecule has 1 aromatic heterocycles. The zero-order valence-corrected chi connectivity index (χ0v) is 18.1. The van der Waals surface area contributed by atoms with E-state index in [-0.39, 0.29) is 29.9 Å². The van der Waals surface area contributed by atoms with Crippen LogP contribution in [0.25, 0.3) is 11.0 Å². The first-order valence-corrected chi connectivity index (χ1v) is 10.2. The Balaban J connectivity index is 1.57. The Morgan fingerprint density at radius 1 is 1.12 bits per heavy atom. The molecule has 166 valence electrons. The van der Waals surface area contributed by atoms with E-state index in [1.165, 1.54) is 18.2 Å². The van der Waals surface area contributed by atoms with Gasteiger partial charge >= 0.3 is 11.6 Å². The van der Waals surface area contributed by atoms with Crippen molar-refractivity contribution in [2.75, 3.05) is 13.2 Å². The van der Waals surface area contributed by atoms with Crippen LogP contribution >= 0.6 is 0 Å². The number of aryl methyl sites for hydroxylation is 2. The highest BCUT2D eigenvalue weighted by molar-refractivity contribution is 5.96. The van der Waals surface area contributed by atoms with Crippen LogP contribution in [0.15, 0.2) is 64.3 Å². The van der Waals surface area contributed by atoms with E-state index in [1.54, 1.807) is 12.1 Å². The SMILES string of the molecule is C=CCNC(=O)c1cc2ccc(OC(=O)CCCOc3cc(C)ccc3C)cc2oc1=O. The lowest BCUT2D eigenvalue weighted by Gasteiger charge is -2.10. The molecule has 3 rings (SSSR count). The number of carbonyl (C=O) groups excluding carboxylic acids is 2. The monoisotopic (exact) mass is 435 g/mol. The number of ether oxygens (including phenoxy) is 2. The molecule has 1 heterocycles. The smallest absolute Gasteiger partial charge is 0.349 e. The summed E-state index contributed by atoms with van der Waals surface area (Å²) in [5.74, 6) is 0.0984. The number of fused-ring (bicyclic) bond motifs is 1. The first-order valence-electron chi connectivity index (χ1n) is 10.2. The molecule has 0 aliphatic heterocycles. The zero-order valence-electron chi connectivity index (χ0n) is 18.1. The molecule has 0 saturated heterocycles. The van der Waals surface area contributed by atoms with Crippen molar-refractivity contribution in [2.24, 2.45) is 0 Å². The highest BCUT2D eigenvalue weighted by Crippen LogP contribution is 2.22. The van der Waals surface area contributed by atoms with Crippen LogP contribution < -0.4 is 20.4 Å². The van der Waals surface area contributed by atoms with Gasteiger partial charge in [0.25, 0.3) is 5.91 Å². The molecule has 0 fully saturated rings. The van der Waals surface area contributed by atoms with Crippen molar-refractivity contribution in [1.82, 2.24) is 5.32 Å². The van der Waals surface area contributed by atoms with Crippen LogP contribution in [0.3, 0.4) is 0 Å². The van der Waals surface area contributed by atoms with Gasteiger partial charge in [0.05, 0.1) is 6.61 Å². The van der Waals surface area contributed by atoms with Gasteiger partial charge in [-0.25, -0.2) is 4.79 Å². The number of benzene rings is 2. The molecule has 32 heavy (non-hydrogen) atoms. The van der Waals surface area contributed by atoms with Gasteiger partial charge in [0, 0.05) is 24.4 Å². The molecule has 1 amide bonds. The number of hydrogen-bond donors (Lipinski definition) is 1. The molecular weight excluding hydrogens is 410 g/mol. The van der Waals surface area contributed by atoms with Gasteiger partial charge in [-0.1, -0.05) is 18.2 Å². The van der Waals surface area contributed by atoms with E-state index < -0.39 is 17.5 Å². The van der Waals surface area contributed by atoms with Gasteiger partial charge in [0.1, 0.15) is 22.6 Å². The topological polar surface area (TPSA) is 94.8 Å². The maximum Gasteiger partial charge on any atom is 0.349 e. The summed E-state index contributed by atoms with van der Waals surface area (Å²) in [4.78, 5) is 36.3. The highest BCUT2D eigenvalue weighted by atomic mass is 16.5. The van der Waals surface area contributed by atoms with E-state index in [0.29, 0.717) is 18.4 Å². The minimum Gasteiger partial charge on any atom is -0.493 e. The molecule has 0 bridgehead atoms. The first-order chi connectivity index (χ1) is 15.4. The normalized spacial score (nSPS) is 10.6.